The summed E-state index contributed by atoms with van der Waals surface area (Å²) in [4.78, 5) is 7.87. The van der Waals surface area contributed by atoms with E-state index in [-0.39, 0.29) is 28.8 Å². The Labute approximate surface area is 120 Å². The van der Waals surface area contributed by atoms with Crippen molar-refractivity contribution in [2.75, 3.05) is 11.5 Å². The third-order valence-corrected chi connectivity index (χ3v) is 3.21. The van der Waals surface area contributed by atoms with Crippen LogP contribution in [0.2, 0.25) is 0 Å². The van der Waals surface area contributed by atoms with Gasteiger partial charge in [0.2, 0.25) is 5.95 Å². The van der Waals surface area contributed by atoms with E-state index >= 15 is 0 Å². The minimum atomic E-state index is -0.0474. The van der Waals surface area contributed by atoms with Gasteiger partial charge in [0.05, 0.1) is 5.56 Å². The molecule has 1 heterocycles. The van der Waals surface area contributed by atoms with E-state index in [9.17, 15) is 10.4 Å². The first-order valence-electron chi connectivity index (χ1n) is 6.16. The monoisotopic (exact) mass is 277 g/mol. The summed E-state index contributed by atoms with van der Waals surface area (Å²) in [7, 11) is 0. The summed E-state index contributed by atoms with van der Waals surface area (Å²) in [5.74, 6) is -0.0520. The largest absolute Gasteiger partial charge is 0.507 e. The topological polar surface area (TPSA) is 122 Å². The highest BCUT2D eigenvalue weighted by Crippen LogP contribution is 2.38. The van der Waals surface area contributed by atoms with E-state index in [1.165, 1.54) is 0 Å². The van der Waals surface area contributed by atoms with E-state index in [2.05, 4.69) is 9.97 Å². The van der Waals surface area contributed by atoms with Gasteiger partial charge in [-0.05, 0) is 16.8 Å². The Morgan fingerprint density at radius 2 is 1.81 bits per heavy atom. The molecule has 0 spiro atoms. The molecule has 2 aromatic carbocycles. The van der Waals surface area contributed by atoms with E-state index in [1.54, 1.807) is 12.1 Å². The number of nitrogens with zero attached hydrogens (tertiary/aromatic N) is 3. The molecule has 102 valence electrons. The lowest BCUT2D eigenvalue weighted by Crippen LogP contribution is -2.05. The number of phenolic OH excluding ortho intramolecular Hbond substituents is 1. The lowest BCUT2D eigenvalue weighted by Gasteiger charge is -2.11. The van der Waals surface area contributed by atoms with Crippen molar-refractivity contribution in [1.29, 1.82) is 5.26 Å². The maximum Gasteiger partial charge on any atom is 0.222 e. The highest BCUT2D eigenvalue weighted by atomic mass is 16.3. The van der Waals surface area contributed by atoms with Gasteiger partial charge in [-0.15, -0.1) is 0 Å². The first-order chi connectivity index (χ1) is 10.1. The van der Waals surface area contributed by atoms with Crippen LogP contribution in [0.5, 0.6) is 5.75 Å². The lowest BCUT2D eigenvalue weighted by atomic mass is 9.98. The summed E-state index contributed by atoms with van der Waals surface area (Å²) in [6.07, 6.45) is 0. The van der Waals surface area contributed by atoms with Crippen LogP contribution in [0.3, 0.4) is 0 Å². The second-order valence-electron chi connectivity index (χ2n) is 4.48. The average molecular weight is 277 g/mol. The third-order valence-electron chi connectivity index (χ3n) is 3.21. The lowest BCUT2D eigenvalue weighted by molar-refractivity contribution is 0.478. The van der Waals surface area contributed by atoms with Crippen molar-refractivity contribution in [2.24, 2.45) is 0 Å². The molecule has 0 amide bonds. The molecular formula is C15H11N5O. The number of phenols is 1. The minimum Gasteiger partial charge on any atom is -0.507 e. The Hall–Kier alpha value is -3.33. The molecule has 21 heavy (non-hydrogen) atoms. The van der Waals surface area contributed by atoms with Gasteiger partial charge in [0.15, 0.2) is 0 Å². The van der Waals surface area contributed by atoms with Gasteiger partial charge in [-0.1, -0.05) is 30.3 Å². The average Bonchev–Trinajstić information content (AvgIpc) is 2.46. The SMILES string of the molecule is N#Cc1c(N)nc(N)nc1-c1c(O)ccc2ccccc12. The second kappa shape index (κ2) is 4.65. The van der Waals surface area contributed by atoms with Gasteiger partial charge in [-0.25, -0.2) is 4.98 Å². The van der Waals surface area contributed by atoms with Crippen molar-refractivity contribution in [3.05, 3.63) is 42.0 Å². The third kappa shape index (κ3) is 1.97. The van der Waals surface area contributed by atoms with Crippen LogP contribution in [-0.4, -0.2) is 15.1 Å². The fraction of sp³-hybridized carbons (Fsp3) is 0. The van der Waals surface area contributed by atoms with Crippen molar-refractivity contribution in [1.82, 2.24) is 9.97 Å². The van der Waals surface area contributed by atoms with Crippen molar-refractivity contribution in [3.63, 3.8) is 0 Å². The molecule has 0 aliphatic carbocycles. The van der Waals surface area contributed by atoms with Crippen LogP contribution < -0.4 is 11.5 Å². The Bertz CT molecular complexity index is 898. The van der Waals surface area contributed by atoms with Gasteiger partial charge in [0, 0.05) is 0 Å². The summed E-state index contributed by atoms with van der Waals surface area (Å²) in [5.41, 5.74) is 12.1. The van der Waals surface area contributed by atoms with E-state index in [4.69, 9.17) is 11.5 Å². The van der Waals surface area contributed by atoms with Crippen molar-refractivity contribution in [3.8, 4) is 23.1 Å². The van der Waals surface area contributed by atoms with E-state index in [1.807, 2.05) is 30.3 Å². The van der Waals surface area contributed by atoms with Crippen LogP contribution >= 0.6 is 0 Å². The number of benzene rings is 2. The number of nitrogen functional groups attached to an aromatic ring is 2. The number of anilines is 2. The molecule has 0 aliphatic rings. The molecule has 0 atom stereocenters. The number of fused-ring (bicyclic) bond motifs is 1. The molecule has 3 aromatic rings. The quantitative estimate of drug-likeness (QED) is 0.625. The van der Waals surface area contributed by atoms with E-state index < -0.39 is 0 Å². The standard InChI is InChI=1S/C15H11N5O/c16-7-10-13(19-15(18)20-14(10)17)12-9-4-2-1-3-8(9)5-6-11(12)21/h1-6,21H,(H4,17,18,19,20). The van der Waals surface area contributed by atoms with Gasteiger partial charge in [-0.2, -0.15) is 10.2 Å². The molecule has 0 unspecified atom stereocenters. The second-order valence-corrected chi connectivity index (χ2v) is 4.48. The zero-order valence-electron chi connectivity index (χ0n) is 10.9. The van der Waals surface area contributed by atoms with Gasteiger partial charge in [0.25, 0.3) is 0 Å². The molecule has 0 bridgehead atoms. The van der Waals surface area contributed by atoms with Crippen LogP contribution in [0.25, 0.3) is 22.0 Å². The number of hydrogen-bond donors (Lipinski definition) is 3. The smallest absolute Gasteiger partial charge is 0.222 e. The summed E-state index contributed by atoms with van der Waals surface area (Å²) < 4.78 is 0. The van der Waals surface area contributed by atoms with Gasteiger partial charge in [0.1, 0.15) is 28.9 Å². The molecule has 0 fully saturated rings. The zero-order chi connectivity index (χ0) is 15.0. The minimum absolute atomic E-state index is 0.00250. The number of rotatable bonds is 1. The van der Waals surface area contributed by atoms with Crippen LogP contribution in [0.15, 0.2) is 36.4 Å². The predicted octanol–water partition coefficient (Wildman–Crippen LogP) is 2.04. The van der Waals surface area contributed by atoms with Gasteiger partial charge >= 0.3 is 0 Å². The number of nitrogens with two attached hydrogens (primary N) is 2. The number of hydrogen-bond acceptors (Lipinski definition) is 6. The zero-order valence-corrected chi connectivity index (χ0v) is 10.9. The first kappa shape index (κ1) is 12.7. The Morgan fingerprint density at radius 3 is 2.57 bits per heavy atom. The van der Waals surface area contributed by atoms with Crippen LogP contribution in [0.4, 0.5) is 11.8 Å². The maximum atomic E-state index is 10.2. The molecule has 0 saturated heterocycles. The van der Waals surface area contributed by atoms with Crippen LogP contribution in [0.1, 0.15) is 5.56 Å². The number of nitriles is 1. The molecule has 0 saturated carbocycles. The van der Waals surface area contributed by atoms with Crippen LogP contribution in [-0.2, 0) is 0 Å². The fourth-order valence-electron chi connectivity index (χ4n) is 2.30. The Morgan fingerprint density at radius 1 is 1.05 bits per heavy atom. The Kier molecular flexibility index (Phi) is 2.81. The van der Waals surface area contributed by atoms with E-state index in [0.717, 1.165) is 10.8 Å². The molecule has 0 radical (unpaired) electrons. The molecular weight excluding hydrogens is 266 g/mol. The van der Waals surface area contributed by atoms with Crippen molar-refractivity contribution < 1.29 is 5.11 Å². The van der Waals surface area contributed by atoms with Crippen LogP contribution in [0, 0.1) is 11.3 Å². The summed E-state index contributed by atoms with van der Waals surface area (Å²) in [6.45, 7) is 0. The molecule has 5 N–H and O–H groups in total. The summed E-state index contributed by atoms with van der Waals surface area (Å²) in [5, 5.41) is 21.2. The fourth-order valence-corrected chi connectivity index (χ4v) is 2.30. The molecule has 6 heteroatoms. The highest BCUT2D eigenvalue weighted by Gasteiger charge is 2.18. The number of aromatic nitrogens is 2. The van der Waals surface area contributed by atoms with Gasteiger partial charge in [-0.3, -0.25) is 0 Å². The van der Waals surface area contributed by atoms with E-state index in [0.29, 0.717) is 5.56 Å². The molecule has 1 aromatic heterocycles. The van der Waals surface area contributed by atoms with Crippen molar-refractivity contribution in [2.45, 2.75) is 0 Å². The van der Waals surface area contributed by atoms with Crippen molar-refractivity contribution >= 4 is 22.5 Å². The molecule has 3 rings (SSSR count). The highest BCUT2D eigenvalue weighted by molar-refractivity contribution is 6.00. The first-order valence-corrected chi connectivity index (χ1v) is 6.16. The molecule has 6 nitrogen and oxygen atoms in total. The summed E-state index contributed by atoms with van der Waals surface area (Å²) >= 11 is 0. The predicted molar refractivity (Wildman–Crippen MR) is 80.2 cm³/mol. The molecule has 0 aliphatic heterocycles. The maximum absolute atomic E-state index is 10.2. The van der Waals surface area contributed by atoms with Gasteiger partial charge < -0.3 is 16.6 Å². The number of aromatic hydroxyl groups is 1. The summed E-state index contributed by atoms with van der Waals surface area (Å²) in [6, 6.07) is 12.8. The normalized spacial score (nSPS) is 10.4. The Balaban J connectivity index is 2.47.